The number of pyridine rings is 1. The van der Waals surface area contributed by atoms with Crippen molar-refractivity contribution in [1.82, 2.24) is 10.1 Å². The van der Waals surface area contributed by atoms with Gasteiger partial charge in [-0.25, -0.2) is 4.98 Å². The number of nitrogen functional groups attached to an aromatic ring is 1. The topological polar surface area (TPSA) is 118 Å². The number of nitrogens with zero attached hydrogens (tertiary/aromatic N) is 4. The van der Waals surface area contributed by atoms with Gasteiger partial charge in [-0.3, -0.25) is 0 Å². The molecule has 0 amide bonds. The Hall–Kier alpha value is -2.33. The molecular weight excluding hydrogens is 256 g/mol. The first kappa shape index (κ1) is 11.5. The number of fused-ring (bicyclic) bond motifs is 3. The van der Waals surface area contributed by atoms with Crippen LogP contribution in [0.5, 0.6) is 0 Å². The molecule has 0 spiro atoms. The Morgan fingerprint density at radius 3 is 2.95 bits per heavy atom. The summed E-state index contributed by atoms with van der Waals surface area (Å²) in [4.78, 5) is 6.53. The lowest BCUT2D eigenvalue weighted by Gasteiger charge is -2.27. The Morgan fingerprint density at radius 2 is 2.30 bits per heavy atom. The van der Waals surface area contributed by atoms with E-state index in [1.54, 1.807) is 6.07 Å². The maximum atomic E-state index is 9.13. The number of nitrogens with two attached hydrogens (primary N) is 2. The fourth-order valence-corrected chi connectivity index (χ4v) is 3.49. The van der Waals surface area contributed by atoms with Crippen LogP contribution in [0.15, 0.2) is 10.6 Å². The van der Waals surface area contributed by atoms with E-state index >= 15 is 0 Å². The molecule has 0 aromatic carbocycles. The molecule has 1 saturated carbocycles. The van der Waals surface area contributed by atoms with Gasteiger partial charge in [0.25, 0.3) is 0 Å². The predicted octanol–water partition coefficient (Wildman–Crippen LogP) is 0.603. The zero-order valence-electron chi connectivity index (χ0n) is 10.8. The molecule has 2 bridgehead atoms. The van der Waals surface area contributed by atoms with Crippen molar-refractivity contribution >= 4 is 22.6 Å². The van der Waals surface area contributed by atoms with Crippen LogP contribution in [0.1, 0.15) is 18.5 Å². The first-order valence-corrected chi connectivity index (χ1v) is 6.67. The zero-order valence-corrected chi connectivity index (χ0v) is 10.8. The number of nitriles is 1. The highest BCUT2D eigenvalue weighted by Crippen LogP contribution is 2.41. The molecule has 3 heterocycles. The summed E-state index contributed by atoms with van der Waals surface area (Å²) in [6.45, 7) is 0.851. The van der Waals surface area contributed by atoms with Gasteiger partial charge in [-0.2, -0.15) is 5.26 Å². The van der Waals surface area contributed by atoms with E-state index < -0.39 is 0 Å². The van der Waals surface area contributed by atoms with E-state index in [1.165, 1.54) is 0 Å². The van der Waals surface area contributed by atoms with E-state index in [-0.39, 0.29) is 17.9 Å². The van der Waals surface area contributed by atoms with E-state index in [4.69, 9.17) is 21.3 Å². The van der Waals surface area contributed by atoms with Crippen molar-refractivity contribution in [3.63, 3.8) is 0 Å². The maximum absolute atomic E-state index is 9.13. The zero-order chi connectivity index (χ0) is 13.9. The summed E-state index contributed by atoms with van der Waals surface area (Å²) < 4.78 is 5.31. The number of aromatic nitrogens is 2. The molecule has 7 nitrogen and oxygen atoms in total. The van der Waals surface area contributed by atoms with Crippen molar-refractivity contribution in [2.45, 2.75) is 24.9 Å². The Morgan fingerprint density at radius 1 is 1.45 bits per heavy atom. The molecule has 20 heavy (non-hydrogen) atoms. The highest BCUT2D eigenvalue weighted by Gasteiger charge is 2.46. The van der Waals surface area contributed by atoms with Gasteiger partial charge in [0.15, 0.2) is 11.6 Å². The maximum Gasteiger partial charge on any atom is 0.211 e. The van der Waals surface area contributed by atoms with E-state index in [0.717, 1.165) is 19.4 Å². The third-order valence-electron chi connectivity index (χ3n) is 4.51. The smallest absolute Gasteiger partial charge is 0.211 e. The summed E-state index contributed by atoms with van der Waals surface area (Å²) in [7, 11) is 0. The van der Waals surface area contributed by atoms with Gasteiger partial charge in [-0.15, -0.1) is 0 Å². The van der Waals surface area contributed by atoms with Gasteiger partial charge < -0.3 is 20.9 Å². The lowest BCUT2D eigenvalue weighted by molar-refractivity contribution is 0.457. The van der Waals surface area contributed by atoms with Crippen LogP contribution in [-0.4, -0.2) is 28.8 Å². The average Bonchev–Trinajstić information content (AvgIpc) is 3.12. The molecule has 3 atom stereocenters. The van der Waals surface area contributed by atoms with Crippen LogP contribution in [0.25, 0.3) is 11.0 Å². The number of anilines is 2. The monoisotopic (exact) mass is 270 g/mol. The minimum absolute atomic E-state index is 0.165. The van der Waals surface area contributed by atoms with Crippen LogP contribution in [0.3, 0.4) is 0 Å². The standard InChI is InChI=1S/C13H14N6O/c14-4-7-3-8-11(20-18-12(8)16)13(17-7)19-5-6-1-2-9(19)10(6)15/h3,6,9-10H,1-2,5,15H2,(H2,16,18)/t6-,9-,10+/m0/s1. The number of hydrogen-bond acceptors (Lipinski definition) is 7. The minimum atomic E-state index is 0.165. The summed E-state index contributed by atoms with van der Waals surface area (Å²) >= 11 is 0. The van der Waals surface area contributed by atoms with Crippen LogP contribution in [0.4, 0.5) is 11.6 Å². The first-order chi connectivity index (χ1) is 9.69. The quantitative estimate of drug-likeness (QED) is 0.779. The molecule has 0 unspecified atom stereocenters. The third kappa shape index (κ3) is 1.37. The summed E-state index contributed by atoms with van der Waals surface area (Å²) in [5.41, 5.74) is 12.9. The first-order valence-electron chi connectivity index (χ1n) is 6.67. The Kier molecular flexibility index (Phi) is 2.20. The molecule has 1 aliphatic heterocycles. The molecule has 2 aromatic heterocycles. The van der Waals surface area contributed by atoms with E-state index in [2.05, 4.69) is 21.1 Å². The summed E-state index contributed by atoms with van der Waals surface area (Å²) in [5.74, 6) is 1.42. The molecule has 4 N–H and O–H groups in total. The second kappa shape index (κ2) is 3.84. The van der Waals surface area contributed by atoms with Crippen LogP contribution in [-0.2, 0) is 0 Å². The molecule has 2 aliphatic rings. The summed E-state index contributed by atoms with van der Waals surface area (Å²) in [6, 6.07) is 4.10. The van der Waals surface area contributed by atoms with Crippen molar-refractivity contribution in [2.24, 2.45) is 11.7 Å². The second-order valence-electron chi connectivity index (χ2n) is 5.52. The van der Waals surface area contributed by atoms with Gasteiger partial charge in [0.05, 0.1) is 5.39 Å². The molecular formula is C13H14N6O. The van der Waals surface area contributed by atoms with Gasteiger partial charge in [-0.1, -0.05) is 5.16 Å². The van der Waals surface area contributed by atoms with Gasteiger partial charge in [0, 0.05) is 18.6 Å². The van der Waals surface area contributed by atoms with Crippen molar-refractivity contribution in [1.29, 1.82) is 5.26 Å². The lowest BCUT2D eigenvalue weighted by Crippen LogP contribution is -2.38. The van der Waals surface area contributed by atoms with Gasteiger partial charge in [0.1, 0.15) is 11.8 Å². The van der Waals surface area contributed by atoms with E-state index in [9.17, 15) is 0 Å². The minimum Gasteiger partial charge on any atom is -0.380 e. The molecule has 102 valence electrons. The van der Waals surface area contributed by atoms with Crippen molar-refractivity contribution in [3.8, 4) is 6.07 Å². The van der Waals surface area contributed by atoms with Crippen molar-refractivity contribution in [2.75, 3.05) is 17.2 Å². The number of piperidine rings is 1. The van der Waals surface area contributed by atoms with Crippen molar-refractivity contribution < 1.29 is 4.52 Å². The fourth-order valence-electron chi connectivity index (χ4n) is 3.49. The Bertz CT molecular complexity index is 732. The molecule has 7 heteroatoms. The average molecular weight is 270 g/mol. The van der Waals surface area contributed by atoms with Gasteiger partial charge >= 0.3 is 0 Å². The van der Waals surface area contributed by atoms with Crippen LogP contribution >= 0.6 is 0 Å². The molecule has 4 rings (SSSR count). The predicted molar refractivity (Wildman–Crippen MR) is 72.8 cm³/mol. The lowest BCUT2D eigenvalue weighted by atomic mass is 10.1. The molecule has 2 fully saturated rings. The number of rotatable bonds is 1. The SMILES string of the molecule is N#Cc1cc2c(N)noc2c(N2C[C@@H]3CC[C@H]2[C@@H]3N)n1. The normalized spacial score (nSPS) is 28.2. The third-order valence-corrected chi connectivity index (χ3v) is 4.51. The van der Waals surface area contributed by atoms with Gasteiger partial charge in [-0.05, 0) is 24.8 Å². The number of hydrogen-bond donors (Lipinski definition) is 2. The summed E-state index contributed by atoms with van der Waals surface area (Å²) in [6.07, 6.45) is 2.21. The largest absolute Gasteiger partial charge is 0.380 e. The van der Waals surface area contributed by atoms with Crippen LogP contribution in [0.2, 0.25) is 0 Å². The molecule has 1 aliphatic carbocycles. The molecule has 2 aromatic rings. The van der Waals surface area contributed by atoms with Crippen molar-refractivity contribution in [3.05, 3.63) is 11.8 Å². The highest BCUT2D eigenvalue weighted by molar-refractivity contribution is 5.95. The van der Waals surface area contributed by atoms with Crippen LogP contribution in [0, 0.1) is 17.2 Å². The molecule has 1 saturated heterocycles. The van der Waals surface area contributed by atoms with Crippen LogP contribution < -0.4 is 16.4 Å². The Balaban J connectivity index is 1.90. The van der Waals surface area contributed by atoms with Gasteiger partial charge in [0.2, 0.25) is 5.58 Å². The Labute approximate surface area is 115 Å². The second-order valence-corrected chi connectivity index (χ2v) is 5.52. The fraction of sp³-hybridized carbons (Fsp3) is 0.462. The van der Waals surface area contributed by atoms with E-state index in [1.807, 2.05) is 0 Å². The van der Waals surface area contributed by atoms with E-state index in [0.29, 0.717) is 28.4 Å². The highest BCUT2D eigenvalue weighted by atomic mass is 16.5. The summed E-state index contributed by atoms with van der Waals surface area (Å²) in [5, 5.41) is 13.6. The molecule has 0 radical (unpaired) electrons.